The van der Waals surface area contributed by atoms with Gasteiger partial charge in [0.15, 0.2) is 17.5 Å². The van der Waals surface area contributed by atoms with Gasteiger partial charge >= 0.3 is 0 Å². The third-order valence-corrected chi connectivity index (χ3v) is 6.15. The minimum absolute atomic E-state index is 0.0298. The second-order valence-corrected chi connectivity index (χ2v) is 8.77. The Balaban J connectivity index is 2.22. The summed E-state index contributed by atoms with van der Waals surface area (Å²) in [5.74, 6) is -5.29. The van der Waals surface area contributed by atoms with Crippen molar-refractivity contribution in [3.8, 4) is 0 Å². The third-order valence-electron chi connectivity index (χ3n) is 4.29. The maximum absolute atomic E-state index is 13.7. The van der Waals surface area contributed by atoms with Crippen molar-refractivity contribution in [2.75, 3.05) is 18.4 Å². The normalized spacial score (nSPS) is 11.9. The topological polar surface area (TPSA) is 66.5 Å². The maximum atomic E-state index is 13.7. The molecule has 0 unspecified atom stereocenters. The highest BCUT2D eigenvalue weighted by Gasteiger charge is 2.26. The molecule has 1 amide bonds. The summed E-state index contributed by atoms with van der Waals surface area (Å²) in [5.41, 5.74) is 0.404. The van der Waals surface area contributed by atoms with Gasteiger partial charge in [-0.25, -0.2) is 21.6 Å². The molecule has 0 saturated heterocycles. The summed E-state index contributed by atoms with van der Waals surface area (Å²) in [5, 5.41) is 2.09. The van der Waals surface area contributed by atoms with Crippen LogP contribution in [0, 0.1) is 17.5 Å². The number of carbonyl (C=O) groups excluding carboxylic acids is 1. The molecule has 0 atom stereocenters. The molecule has 0 aliphatic carbocycles. The number of sulfonamides is 1. The predicted octanol–water partition coefficient (Wildman–Crippen LogP) is 4.27. The highest BCUT2D eigenvalue weighted by molar-refractivity contribution is 7.89. The van der Waals surface area contributed by atoms with Gasteiger partial charge in [0.25, 0.3) is 0 Å². The lowest BCUT2D eigenvalue weighted by atomic mass is 10.0. The van der Waals surface area contributed by atoms with Crippen molar-refractivity contribution in [1.82, 2.24) is 4.31 Å². The molecule has 9 heteroatoms. The first-order valence-corrected chi connectivity index (χ1v) is 10.5. The van der Waals surface area contributed by atoms with E-state index in [4.69, 9.17) is 0 Å². The summed E-state index contributed by atoms with van der Waals surface area (Å²) in [7, 11) is -3.97. The number of halogens is 3. The smallest absolute Gasteiger partial charge is 0.243 e. The van der Waals surface area contributed by atoms with Gasteiger partial charge < -0.3 is 5.32 Å². The molecule has 0 saturated carbocycles. The van der Waals surface area contributed by atoms with Crippen LogP contribution in [0.5, 0.6) is 0 Å². The van der Waals surface area contributed by atoms with Crippen LogP contribution in [0.1, 0.15) is 38.7 Å². The second kappa shape index (κ2) is 9.41. The Bertz CT molecular complexity index is 977. The van der Waals surface area contributed by atoms with Crippen LogP contribution in [0.2, 0.25) is 0 Å². The molecule has 0 bridgehead atoms. The molecule has 158 valence electrons. The van der Waals surface area contributed by atoms with E-state index in [0.717, 1.165) is 15.9 Å². The molecule has 0 radical (unpaired) electrons. The van der Waals surface area contributed by atoms with Crippen LogP contribution in [0.3, 0.4) is 0 Å². The number of benzene rings is 2. The number of carbonyl (C=O) groups is 1. The van der Waals surface area contributed by atoms with Crippen LogP contribution in [-0.2, 0) is 14.8 Å². The van der Waals surface area contributed by atoms with E-state index < -0.39 is 45.6 Å². The minimum Gasteiger partial charge on any atom is -0.322 e. The maximum Gasteiger partial charge on any atom is 0.243 e. The molecular formula is C20H23F3N2O3S. The fraction of sp³-hybridized carbons (Fsp3) is 0.350. The fourth-order valence-electron chi connectivity index (χ4n) is 2.68. The number of hydrogen-bond donors (Lipinski definition) is 1. The predicted molar refractivity (Wildman–Crippen MR) is 105 cm³/mol. The molecular weight excluding hydrogens is 405 g/mol. The summed E-state index contributed by atoms with van der Waals surface area (Å²) in [6.45, 7) is 5.17. The molecule has 0 spiro atoms. The first-order valence-electron chi connectivity index (χ1n) is 9.11. The van der Waals surface area contributed by atoms with Gasteiger partial charge in [0, 0.05) is 6.54 Å². The van der Waals surface area contributed by atoms with Crippen LogP contribution in [0.15, 0.2) is 41.3 Å². The summed E-state index contributed by atoms with van der Waals surface area (Å²) < 4.78 is 66.9. The van der Waals surface area contributed by atoms with Gasteiger partial charge in [0.05, 0.1) is 17.1 Å². The van der Waals surface area contributed by atoms with E-state index in [1.165, 1.54) is 12.1 Å². The van der Waals surface area contributed by atoms with E-state index >= 15 is 0 Å². The number of rotatable bonds is 8. The zero-order valence-corrected chi connectivity index (χ0v) is 17.2. The molecule has 5 nitrogen and oxygen atoms in total. The Labute approximate surface area is 168 Å². The fourth-order valence-corrected chi connectivity index (χ4v) is 4.17. The van der Waals surface area contributed by atoms with E-state index in [-0.39, 0.29) is 17.4 Å². The number of nitrogens with zero attached hydrogens (tertiary/aromatic N) is 1. The summed E-state index contributed by atoms with van der Waals surface area (Å²) in [6.07, 6.45) is 0.441. The highest BCUT2D eigenvalue weighted by Crippen LogP contribution is 2.22. The van der Waals surface area contributed by atoms with Gasteiger partial charge in [-0.15, -0.1) is 0 Å². The van der Waals surface area contributed by atoms with Crippen molar-refractivity contribution in [2.24, 2.45) is 0 Å². The monoisotopic (exact) mass is 428 g/mol. The molecule has 0 aromatic heterocycles. The van der Waals surface area contributed by atoms with Gasteiger partial charge in [-0.2, -0.15) is 4.31 Å². The van der Waals surface area contributed by atoms with Crippen molar-refractivity contribution in [1.29, 1.82) is 0 Å². The number of hydrogen-bond acceptors (Lipinski definition) is 3. The van der Waals surface area contributed by atoms with Gasteiger partial charge in [0.1, 0.15) is 0 Å². The van der Waals surface area contributed by atoms with Crippen molar-refractivity contribution >= 4 is 21.6 Å². The van der Waals surface area contributed by atoms with E-state index in [2.05, 4.69) is 5.32 Å². The van der Waals surface area contributed by atoms with Gasteiger partial charge in [0.2, 0.25) is 15.9 Å². The molecule has 0 aliphatic heterocycles. The molecule has 0 fully saturated rings. The number of amides is 1. The average Bonchev–Trinajstić information content (AvgIpc) is 2.68. The summed E-state index contributed by atoms with van der Waals surface area (Å²) in [6, 6.07) is 7.90. The molecule has 0 aliphatic rings. The quantitative estimate of drug-likeness (QED) is 0.639. The molecule has 1 N–H and O–H groups in total. The van der Waals surface area contributed by atoms with Crippen molar-refractivity contribution < 1.29 is 26.4 Å². The number of nitrogens with one attached hydrogen (secondary N) is 1. The van der Waals surface area contributed by atoms with Crippen LogP contribution < -0.4 is 5.32 Å². The van der Waals surface area contributed by atoms with Gasteiger partial charge in [-0.1, -0.05) is 32.9 Å². The Morgan fingerprint density at radius 1 is 1.03 bits per heavy atom. The van der Waals surface area contributed by atoms with E-state index in [1.54, 1.807) is 19.1 Å². The van der Waals surface area contributed by atoms with Crippen LogP contribution in [0.25, 0.3) is 0 Å². The Hall–Kier alpha value is -2.39. The second-order valence-electron chi connectivity index (χ2n) is 6.83. The lowest BCUT2D eigenvalue weighted by Gasteiger charge is -2.21. The zero-order valence-electron chi connectivity index (χ0n) is 16.4. The first-order chi connectivity index (χ1) is 13.6. The number of anilines is 1. The molecule has 29 heavy (non-hydrogen) atoms. The standard InChI is InChI=1S/C20H23F3N2O3S/c1-4-11-25(29(27,28)15-7-5-14(6-8-15)13(2)3)12-18(26)24-17-10-9-16(21)19(22)20(17)23/h5-10,13H,4,11-12H2,1-3H3,(H,24,26). The van der Waals surface area contributed by atoms with Crippen LogP contribution >= 0.6 is 0 Å². The van der Waals surface area contributed by atoms with E-state index in [1.807, 2.05) is 13.8 Å². The van der Waals surface area contributed by atoms with E-state index in [0.29, 0.717) is 12.5 Å². The van der Waals surface area contributed by atoms with Crippen LogP contribution in [0.4, 0.5) is 18.9 Å². The molecule has 2 aromatic rings. The van der Waals surface area contributed by atoms with Crippen LogP contribution in [-0.4, -0.2) is 31.7 Å². The highest BCUT2D eigenvalue weighted by atomic mass is 32.2. The summed E-state index contributed by atoms with van der Waals surface area (Å²) >= 11 is 0. The van der Waals surface area contributed by atoms with E-state index in [9.17, 15) is 26.4 Å². The zero-order chi connectivity index (χ0) is 21.8. The lowest BCUT2D eigenvalue weighted by molar-refractivity contribution is -0.116. The van der Waals surface area contributed by atoms with Crippen molar-refractivity contribution in [3.63, 3.8) is 0 Å². The lowest BCUT2D eigenvalue weighted by Crippen LogP contribution is -2.38. The third kappa shape index (κ3) is 5.36. The summed E-state index contributed by atoms with van der Waals surface area (Å²) in [4.78, 5) is 12.3. The molecule has 0 heterocycles. The minimum atomic E-state index is -3.97. The Kier molecular flexibility index (Phi) is 7.43. The largest absolute Gasteiger partial charge is 0.322 e. The van der Waals surface area contributed by atoms with Crippen molar-refractivity contribution in [3.05, 3.63) is 59.4 Å². The average molecular weight is 428 g/mol. The Morgan fingerprint density at radius 3 is 2.21 bits per heavy atom. The molecule has 2 rings (SSSR count). The van der Waals surface area contributed by atoms with Gasteiger partial charge in [-0.3, -0.25) is 4.79 Å². The first kappa shape index (κ1) is 22.9. The Morgan fingerprint density at radius 2 is 1.66 bits per heavy atom. The van der Waals surface area contributed by atoms with Gasteiger partial charge in [-0.05, 0) is 42.2 Å². The molecule has 2 aromatic carbocycles. The van der Waals surface area contributed by atoms with Crippen molar-refractivity contribution in [2.45, 2.75) is 38.0 Å². The SMILES string of the molecule is CCCN(CC(=O)Nc1ccc(F)c(F)c1F)S(=O)(=O)c1ccc(C(C)C)cc1.